The Labute approximate surface area is 128 Å². The zero-order chi connectivity index (χ0) is 14.8. The van der Waals surface area contributed by atoms with E-state index < -0.39 is 0 Å². The summed E-state index contributed by atoms with van der Waals surface area (Å²) in [5.41, 5.74) is 0.549. The number of allylic oxidation sites excluding steroid dienone is 1. The van der Waals surface area contributed by atoms with Gasteiger partial charge in [-0.15, -0.1) is 0 Å². The van der Waals surface area contributed by atoms with E-state index in [1.165, 1.54) is 6.08 Å². The first-order valence-corrected chi connectivity index (χ1v) is 7.40. The summed E-state index contributed by atoms with van der Waals surface area (Å²) in [6.07, 6.45) is 4.77. The van der Waals surface area contributed by atoms with Crippen LogP contribution in [0.1, 0.15) is 25.7 Å². The Hall–Kier alpha value is -1.55. The summed E-state index contributed by atoms with van der Waals surface area (Å²) < 4.78 is 6.63. The minimum Gasteiger partial charge on any atom is -0.494 e. The maximum atomic E-state index is 11.4. The fraction of sp³-hybridized carbons (Fsp3) is 0.312. The number of hydrogen-bond acceptors (Lipinski definition) is 2. The lowest BCUT2D eigenvalue weighted by Crippen LogP contribution is -2.20. The molecule has 1 N–H and O–H groups in total. The number of benzene rings is 1. The second-order valence-corrected chi connectivity index (χ2v) is 5.31. The Morgan fingerprint density at radius 3 is 2.85 bits per heavy atom. The van der Waals surface area contributed by atoms with E-state index >= 15 is 0 Å². The average molecular weight is 338 g/mol. The van der Waals surface area contributed by atoms with Crippen molar-refractivity contribution in [1.29, 1.82) is 0 Å². The maximum Gasteiger partial charge on any atom is 0.224 e. The predicted molar refractivity (Wildman–Crippen MR) is 85.6 cm³/mol. The molecule has 0 aliphatic carbocycles. The van der Waals surface area contributed by atoms with Crippen LogP contribution in [0.4, 0.5) is 0 Å². The van der Waals surface area contributed by atoms with Crippen molar-refractivity contribution in [2.45, 2.75) is 25.7 Å². The van der Waals surface area contributed by atoms with E-state index in [1.807, 2.05) is 24.3 Å². The van der Waals surface area contributed by atoms with Crippen LogP contribution in [0.2, 0.25) is 0 Å². The molecule has 1 amide bonds. The molecule has 0 fully saturated rings. The summed E-state index contributed by atoms with van der Waals surface area (Å²) in [5, 5.41) is 2.66. The highest BCUT2D eigenvalue weighted by atomic mass is 79.9. The van der Waals surface area contributed by atoms with Crippen molar-refractivity contribution in [1.82, 2.24) is 5.32 Å². The molecule has 0 atom stereocenters. The third-order valence-electron chi connectivity index (χ3n) is 2.66. The van der Waals surface area contributed by atoms with E-state index in [0.29, 0.717) is 18.7 Å². The first kappa shape index (κ1) is 16.5. The van der Waals surface area contributed by atoms with Crippen molar-refractivity contribution in [2.75, 3.05) is 6.61 Å². The van der Waals surface area contributed by atoms with Crippen LogP contribution in [0.3, 0.4) is 0 Å². The fourth-order valence-electron chi connectivity index (χ4n) is 1.60. The third kappa shape index (κ3) is 7.14. The molecule has 108 valence electrons. The van der Waals surface area contributed by atoms with E-state index in [9.17, 15) is 4.79 Å². The highest BCUT2D eigenvalue weighted by Gasteiger charge is 2.01. The summed E-state index contributed by atoms with van der Waals surface area (Å²) in [5.74, 6) is 0.849. The summed E-state index contributed by atoms with van der Waals surface area (Å²) in [4.78, 5) is 11.4. The van der Waals surface area contributed by atoms with Gasteiger partial charge in [0.25, 0.3) is 0 Å². The zero-order valence-electron chi connectivity index (χ0n) is 11.5. The number of unbranched alkanes of at least 4 members (excludes halogenated alkanes) is 2. The van der Waals surface area contributed by atoms with E-state index in [-0.39, 0.29) is 5.91 Å². The number of ether oxygens (including phenoxy) is 1. The third-order valence-corrected chi connectivity index (χ3v) is 3.15. The highest BCUT2D eigenvalue weighted by molar-refractivity contribution is 9.10. The molecule has 1 rings (SSSR count). The quantitative estimate of drug-likeness (QED) is 0.541. The van der Waals surface area contributed by atoms with Crippen LogP contribution in [0.25, 0.3) is 0 Å². The van der Waals surface area contributed by atoms with E-state index in [0.717, 1.165) is 29.5 Å². The minimum absolute atomic E-state index is 0.0113. The largest absolute Gasteiger partial charge is 0.494 e. The smallest absolute Gasteiger partial charge is 0.224 e. The lowest BCUT2D eigenvalue weighted by atomic mass is 10.2. The van der Waals surface area contributed by atoms with Crippen LogP contribution in [0.5, 0.6) is 5.75 Å². The van der Waals surface area contributed by atoms with E-state index in [4.69, 9.17) is 4.74 Å². The average Bonchev–Trinajstić information content (AvgIpc) is 2.42. The number of halogens is 1. The van der Waals surface area contributed by atoms with Gasteiger partial charge >= 0.3 is 0 Å². The van der Waals surface area contributed by atoms with Crippen molar-refractivity contribution in [3.63, 3.8) is 0 Å². The molecule has 0 saturated carbocycles. The molecule has 0 aromatic heterocycles. The summed E-state index contributed by atoms with van der Waals surface area (Å²) >= 11 is 3.40. The van der Waals surface area contributed by atoms with Gasteiger partial charge in [0.1, 0.15) is 5.75 Å². The molecule has 0 heterocycles. The van der Waals surface area contributed by atoms with Gasteiger partial charge in [0.15, 0.2) is 0 Å². The van der Waals surface area contributed by atoms with Crippen LogP contribution in [0, 0.1) is 0 Å². The Morgan fingerprint density at radius 1 is 1.35 bits per heavy atom. The molecule has 0 unspecified atom stereocenters. The number of rotatable bonds is 9. The molecule has 20 heavy (non-hydrogen) atoms. The number of carbonyl (C=O) groups excluding carboxylic acids is 1. The predicted octanol–water partition coefficient (Wildman–Crippen LogP) is 4.20. The molecule has 0 bridgehead atoms. The van der Waals surface area contributed by atoms with Crippen molar-refractivity contribution in [3.05, 3.63) is 53.7 Å². The molecular formula is C16H20BrNO2. The number of amides is 1. The molecule has 0 radical (unpaired) electrons. The Balaban J connectivity index is 2.06. The monoisotopic (exact) mass is 337 g/mol. The van der Waals surface area contributed by atoms with Gasteiger partial charge < -0.3 is 10.1 Å². The van der Waals surface area contributed by atoms with Gasteiger partial charge in [-0.1, -0.05) is 35.2 Å². The minimum atomic E-state index is -0.0113. The van der Waals surface area contributed by atoms with Crippen molar-refractivity contribution in [3.8, 4) is 5.75 Å². The van der Waals surface area contributed by atoms with Gasteiger partial charge in [-0.2, -0.15) is 0 Å². The lowest BCUT2D eigenvalue weighted by Gasteiger charge is -2.07. The number of hydrogen-bond donors (Lipinski definition) is 1. The molecule has 4 heteroatoms. The normalized spacial score (nSPS) is 9.85. The van der Waals surface area contributed by atoms with Gasteiger partial charge in [-0.3, -0.25) is 4.79 Å². The zero-order valence-corrected chi connectivity index (χ0v) is 13.1. The Kier molecular flexibility index (Phi) is 7.73. The van der Waals surface area contributed by atoms with Crippen molar-refractivity contribution >= 4 is 21.8 Å². The van der Waals surface area contributed by atoms with E-state index in [2.05, 4.69) is 34.4 Å². The fourth-order valence-corrected chi connectivity index (χ4v) is 1.98. The van der Waals surface area contributed by atoms with Crippen LogP contribution in [-0.2, 0) is 4.79 Å². The molecular weight excluding hydrogens is 318 g/mol. The summed E-state index contributed by atoms with van der Waals surface area (Å²) in [6, 6.07) is 7.77. The van der Waals surface area contributed by atoms with Crippen LogP contribution < -0.4 is 10.1 Å². The summed E-state index contributed by atoms with van der Waals surface area (Å²) in [7, 11) is 0. The standard InChI is InChI=1S/C16H20BrNO2/c1-3-13(2)18-16(19)10-5-4-6-11-20-15-9-7-8-14(17)12-15/h3,7-9,12H,1-2,4-6,10-11H2,(H,18,19). The highest BCUT2D eigenvalue weighted by Crippen LogP contribution is 2.18. The molecule has 0 aliphatic rings. The van der Waals surface area contributed by atoms with Gasteiger partial charge in [-0.25, -0.2) is 0 Å². The van der Waals surface area contributed by atoms with Crippen molar-refractivity contribution in [2.24, 2.45) is 0 Å². The molecule has 0 aliphatic heterocycles. The van der Waals surface area contributed by atoms with Gasteiger partial charge in [-0.05, 0) is 43.5 Å². The molecule has 0 spiro atoms. The first-order valence-electron chi connectivity index (χ1n) is 6.61. The molecule has 1 aromatic rings. The maximum absolute atomic E-state index is 11.4. The first-order chi connectivity index (χ1) is 9.61. The number of nitrogens with one attached hydrogen (secondary N) is 1. The van der Waals surface area contributed by atoms with Crippen LogP contribution >= 0.6 is 15.9 Å². The summed E-state index contributed by atoms with van der Waals surface area (Å²) in [6.45, 7) is 7.84. The topological polar surface area (TPSA) is 38.3 Å². The molecule has 0 saturated heterocycles. The number of carbonyl (C=O) groups is 1. The van der Waals surface area contributed by atoms with Gasteiger partial charge in [0.05, 0.1) is 6.61 Å². The SMILES string of the molecule is C=CC(=C)NC(=O)CCCCCOc1cccc(Br)c1. The van der Waals surface area contributed by atoms with Gasteiger partial charge in [0, 0.05) is 16.6 Å². The lowest BCUT2D eigenvalue weighted by molar-refractivity contribution is -0.120. The van der Waals surface area contributed by atoms with Crippen molar-refractivity contribution < 1.29 is 9.53 Å². The Morgan fingerprint density at radius 2 is 2.15 bits per heavy atom. The van der Waals surface area contributed by atoms with Crippen LogP contribution in [-0.4, -0.2) is 12.5 Å². The Bertz CT molecular complexity index is 471. The molecule has 3 nitrogen and oxygen atoms in total. The van der Waals surface area contributed by atoms with Gasteiger partial charge in [0.2, 0.25) is 5.91 Å². The van der Waals surface area contributed by atoms with Crippen LogP contribution in [0.15, 0.2) is 53.7 Å². The van der Waals surface area contributed by atoms with E-state index in [1.54, 1.807) is 0 Å². The second-order valence-electron chi connectivity index (χ2n) is 4.39. The second kappa shape index (κ2) is 9.37. The molecule has 1 aromatic carbocycles.